The van der Waals surface area contributed by atoms with Crippen molar-refractivity contribution in [1.82, 2.24) is 4.98 Å². The van der Waals surface area contributed by atoms with Crippen molar-refractivity contribution in [3.05, 3.63) is 78.4 Å². The number of benzene rings is 1. The number of nitrogens with zero attached hydrogens (tertiary/aromatic N) is 2. The summed E-state index contributed by atoms with van der Waals surface area (Å²) >= 11 is 0. The van der Waals surface area contributed by atoms with Gasteiger partial charge in [-0.25, -0.2) is 4.57 Å². The summed E-state index contributed by atoms with van der Waals surface area (Å²) in [5, 5.41) is 0. The Kier molecular flexibility index (Phi) is 11.4. The summed E-state index contributed by atoms with van der Waals surface area (Å²) in [6, 6.07) is 15.4. The highest BCUT2D eigenvalue weighted by molar-refractivity contribution is 5.61. The van der Waals surface area contributed by atoms with Crippen molar-refractivity contribution >= 4 is 0 Å². The molecule has 3 nitrogen and oxygen atoms in total. The molecule has 3 heteroatoms. The Morgan fingerprint density at radius 1 is 0.605 bits per heavy atom. The normalized spacial score (nSPS) is 12.1. The van der Waals surface area contributed by atoms with Crippen molar-refractivity contribution < 1.29 is 9.30 Å². The second kappa shape index (κ2) is 14.5. The van der Waals surface area contributed by atoms with E-state index < -0.39 is 0 Å². The van der Waals surface area contributed by atoms with Crippen LogP contribution in [0.4, 0.5) is 0 Å². The zero-order valence-electron chi connectivity index (χ0n) is 24.9. The lowest BCUT2D eigenvalue weighted by Crippen LogP contribution is -2.32. The molecule has 0 N–H and O–H groups in total. The van der Waals surface area contributed by atoms with E-state index in [0.717, 1.165) is 25.3 Å². The maximum absolute atomic E-state index is 6.21. The molecule has 0 aliphatic heterocycles. The summed E-state index contributed by atoms with van der Waals surface area (Å²) in [7, 11) is 0. The summed E-state index contributed by atoms with van der Waals surface area (Å²) < 4.78 is 8.51. The van der Waals surface area contributed by atoms with Crippen LogP contribution in [0.15, 0.2) is 67.3 Å². The van der Waals surface area contributed by atoms with E-state index in [4.69, 9.17) is 4.74 Å². The molecule has 0 spiro atoms. The molecule has 0 unspecified atom stereocenters. The van der Waals surface area contributed by atoms with E-state index >= 15 is 0 Å². The second-order valence-electron chi connectivity index (χ2n) is 12.8. The molecule has 0 bridgehead atoms. The van der Waals surface area contributed by atoms with Crippen LogP contribution in [-0.2, 0) is 17.4 Å². The topological polar surface area (TPSA) is 26.0 Å². The van der Waals surface area contributed by atoms with Crippen molar-refractivity contribution in [3.8, 4) is 16.9 Å². The molecule has 206 valence electrons. The molecule has 0 amide bonds. The molecule has 0 atom stereocenters. The molecule has 0 saturated heterocycles. The van der Waals surface area contributed by atoms with Crippen LogP contribution in [0.2, 0.25) is 0 Å². The van der Waals surface area contributed by atoms with Crippen LogP contribution in [0.1, 0.15) is 110 Å². The van der Waals surface area contributed by atoms with Gasteiger partial charge in [-0.2, -0.15) is 0 Å². The molecule has 0 fully saturated rings. The van der Waals surface area contributed by atoms with E-state index in [1.54, 1.807) is 0 Å². The smallest absolute Gasteiger partial charge is 0.169 e. The lowest BCUT2D eigenvalue weighted by atomic mass is 9.80. The quantitative estimate of drug-likeness (QED) is 0.158. The molecule has 1 aromatic carbocycles. The van der Waals surface area contributed by atoms with Gasteiger partial charge >= 0.3 is 0 Å². The second-order valence-corrected chi connectivity index (χ2v) is 12.8. The standard InChI is InChI=1S/C35H51N2O/c1-34(2,3)31-26-32(35(4,5)6)28-33(27-31)38-25-15-13-11-9-7-8-10-12-14-22-37-23-18-30(19-24-37)29-16-20-36-21-17-29/h16-21,23-24,26-28H,7-15,22,25H2,1-6H3/q+1. The average Bonchev–Trinajstić information content (AvgIpc) is 2.89. The Balaban J connectivity index is 1.23. The number of hydrogen-bond donors (Lipinski definition) is 0. The number of ether oxygens (including phenoxy) is 1. The first-order chi connectivity index (χ1) is 18.1. The summed E-state index contributed by atoms with van der Waals surface area (Å²) in [6.07, 6.45) is 19.8. The van der Waals surface area contributed by atoms with Crippen molar-refractivity contribution in [2.24, 2.45) is 0 Å². The molecule has 0 aliphatic carbocycles. The van der Waals surface area contributed by atoms with E-state index in [1.165, 1.54) is 73.6 Å². The van der Waals surface area contributed by atoms with Gasteiger partial charge in [-0.3, -0.25) is 4.98 Å². The van der Waals surface area contributed by atoms with Gasteiger partial charge in [-0.05, 0) is 70.2 Å². The minimum Gasteiger partial charge on any atom is -0.494 e. The number of aryl methyl sites for hydroxylation is 1. The Morgan fingerprint density at radius 2 is 1.08 bits per heavy atom. The summed E-state index contributed by atoms with van der Waals surface area (Å²) in [6.45, 7) is 15.6. The largest absolute Gasteiger partial charge is 0.494 e. The molecule has 3 aromatic rings. The molecular formula is C35H51N2O+. The van der Waals surface area contributed by atoms with E-state index in [9.17, 15) is 0 Å². The maximum atomic E-state index is 6.21. The van der Waals surface area contributed by atoms with Crippen LogP contribution >= 0.6 is 0 Å². The first-order valence-corrected chi connectivity index (χ1v) is 14.8. The zero-order chi connectivity index (χ0) is 27.4. The highest BCUT2D eigenvalue weighted by Gasteiger charge is 2.20. The van der Waals surface area contributed by atoms with Gasteiger partial charge in [0.15, 0.2) is 12.4 Å². The SMILES string of the molecule is CC(C)(C)c1cc(OCCCCCCCCCCC[n+]2ccc(-c3ccncc3)cc2)cc(C(C)(C)C)c1. The zero-order valence-corrected chi connectivity index (χ0v) is 24.9. The van der Waals surface area contributed by atoms with Gasteiger partial charge in [-0.1, -0.05) is 86.1 Å². The average molecular weight is 516 g/mol. The van der Waals surface area contributed by atoms with E-state index in [0.29, 0.717) is 0 Å². The van der Waals surface area contributed by atoms with Crippen LogP contribution in [0.25, 0.3) is 11.1 Å². The van der Waals surface area contributed by atoms with E-state index in [-0.39, 0.29) is 10.8 Å². The van der Waals surface area contributed by atoms with E-state index in [1.807, 2.05) is 12.4 Å². The fraction of sp³-hybridized carbons (Fsp3) is 0.543. The van der Waals surface area contributed by atoms with Crippen LogP contribution in [0, 0.1) is 0 Å². The van der Waals surface area contributed by atoms with Crippen LogP contribution in [-0.4, -0.2) is 11.6 Å². The molecule has 0 aliphatic rings. The van der Waals surface area contributed by atoms with Crippen molar-refractivity contribution in [2.75, 3.05) is 6.61 Å². The highest BCUT2D eigenvalue weighted by atomic mass is 16.5. The Bertz CT molecular complexity index is 1040. The first-order valence-electron chi connectivity index (χ1n) is 14.8. The van der Waals surface area contributed by atoms with Crippen LogP contribution < -0.4 is 9.30 Å². The van der Waals surface area contributed by atoms with Gasteiger partial charge in [0.1, 0.15) is 12.3 Å². The third kappa shape index (κ3) is 10.2. The number of aromatic nitrogens is 2. The molecular weight excluding hydrogens is 464 g/mol. The molecule has 38 heavy (non-hydrogen) atoms. The molecule has 2 heterocycles. The van der Waals surface area contributed by atoms with Gasteiger partial charge in [0, 0.05) is 30.9 Å². The van der Waals surface area contributed by atoms with E-state index in [2.05, 4.69) is 106 Å². The number of rotatable bonds is 14. The molecule has 0 radical (unpaired) electrons. The van der Waals surface area contributed by atoms with Crippen molar-refractivity contribution in [2.45, 2.75) is 117 Å². The third-order valence-electron chi connectivity index (χ3n) is 7.37. The summed E-state index contributed by atoms with van der Waals surface area (Å²) in [4.78, 5) is 4.10. The Hall–Kier alpha value is -2.68. The van der Waals surface area contributed by atoms with Gasteiger partial charge in [-0.15, -0.1) is 0 Å². The highest BCUT2D eigenvalue weighted by Crippen LogP contribution is 2.33. The fourth-order valence-corrected chi connectivity index (χ4v) is 4.72. The van der Waals surface area contributed by atoms with Gasteiger partial charge < -0.3 is 4.74 Å². The predicted octanol–water partition coefficient (Wildman–Crippen LogP) is 9.22. The number of unbranched alkanes of at least 4 members (excludes halogenated alkanes) is 8. The Morgan fingerprint density at radius 3 is 1.61 bits per heavy atom. The summed E-state index contributed by atoms with van der Waals surface area (Å²) in [5.41, 5.74) is 5.45. The van der Waals surface area contributed by atoms with Crippen molar-refractivity contribution in [3.63, 3.8) is 0 Å². The van der Waals surface area contributed by atoms with Gasteiger partial charge in [0.2, 0.25) is 0 Å². The third-order valence-corrected chi connectivity index (χ3v) is 7.37. The van der Waals surface area contributed by atoms with Gasteiger partial charge in [0.25, 0.3) is 0 Å². The predicted molar refractivity (Wildman–Crippen MR) is 161 cm³/mol. The minimum atomic E-state index is 0.130. The monoisotopic (exact) mass is 515 g/mol. The first kappa shape index (κ1) is 29.9. The van der Waals surface area contributed by atoms with Crippen LogP contribution in [0.5, 0.6) is 5.75 Å². The number of pyridine rings is 2. The van der Waals surface area contributed by atoms with Crippen molar-refractivity contribution in [1.29, 1.82) is 0 Å². The summed E-state index contributed by atoms with van der Waals surface area (Å²) in [5.74, 6) is 1.03. The van der Waals surface area contributed by atoms with Crippen LogP contribution in [0.3, 0.4) is 0 Å². The maximum Gasteiger partial charge on any atom is 0.169 e. The molecule has 3 rings (SSSR count). The lowest BCUT2D eigenvalue weighted by Gasteiger charge is -2.26. The molecule has 0 saturated carbocycles. The Labute approximate surface area is 232 Å². The minimum absolute atomic E-state index is 0.130. The number of hydrogen-bond acceptors (Lipinski definition) is 2. The van der Waals surface area contributed by atoms with Gasteiger partial charge in [0.05, 0.1) is 6.61 Å². The lowest BCUT2D eigenvalue weighted by molar-refractivity contribution is -0.697. The molecule has 2 aromatic heterocycles. The fourth-order valence-electron chi connectivity index (χ4n) is 4.72.